The molecule has 1 saturated heterocycles. The van der Waals surface area contributed by atoms with Crippen LogP contribution in [0.1, 0.15) is 36.7 Å². The minimum Gasteiger partial charge on any atom is -0.375 e. The zero-order valence-electron chi connectivity index (χ0n) is 11.4. The Morgan fingerprint density at radius 1 is 1.35 bits per heavy atom. The Balaban J connectivity index is 2.26. The van der Waals surface area contributed by atoms with Crippen molar-refractivity contribution < 1.29 is 17.9 Å². The number of hydrazine groups is 1. The van der Waals surface area contributed by atoms with Gasteiger partial charge in [-0.05, 0) is 19.8 Å². The van der Waals surface area contributed by atoms with Crippen LogP contribution in [0.3, 0.4) is 0 Å². The Morgan fingerprint density at radius 3 is 2.40 bits per heavy atom. The van der Waals surface area contributed by atoms with Gasteiger partial charge < -0.3 is 4.74 Å². The lowest BCUT2D eigenvalue weighted by Gasteiger charge is -2.27. The van der Waals surface area contributed by atoms with E-state index >= 15 is 0 Å². The molecular formula is C12H18F3N3OS. The van der Waals surface area contributed by atoms with Crippen molar-refractivity contribution in [3.05, 3.63) is 16.1 Å². The van der Waals surface area contributed by atoms with Gasteiger partial charge in [0.1, 0.15) is 0 Å². The molecular weight excluding hydrogens is 291 g/mol. The standard InChI is InChI=1S/C12H18F3N3OS/c1-5-6(2)19-7(3)9(5)10(18-16)8-4-17-11(20-8)12(13,14)15/h4-7,9-10,18H,16H2,1-3H3. The van der Waals surface area contributed by atoms with Crippen LogP contribution in [0.2, 0.25) is 0 Å². The normalized spacial score (nSPS) is 32.5. The summed E-state index contributed by atoms with van der Waals surface area (Å²) < 4.78 is 43.6. The van der Waals surface area contributed by atoms with Crippen LogP contribution in [0.25, 0.3) is 0 Å². The third-order valence-corrected chi connectivity index (χ3v) is 5.08. The quantitative estimate of drug-likeness (QED) is 0.666. The minimum absolute atomic E-state index is 0.0107. The van der Waals surface area contributed by atoms with Gasteiger partial charge in [-0.15, -0.1) is 11.3 Å². The highest BCUT2D eigenvalue weighted by molar-refractivity contribution is 7.11. The number of nitrogens with zero attached hydrogens (tertiary/aromatic N) is 1. The molecule has 114 valence electrons. The Hall–Kier alpha value is -0.700. The number of hydrogen-bond acceptors (Lipinski definition) is 5. The van der Waals surface area contributed by atoms with Crippen LogP contribution in [0, 0.1) is 11.8 Å². The van der Waals surface area contributed by atoms with Crippen molar-refractivity contribution in [3.8, 4) is 0 Å². The number of nitrogens with two attached hydrogens (primary N) is 1. The van der Waals surface area contributed by atoms with E-state index in [1.165, 1.54) is 6.20 Å². The first kappa shape index (κ1) is 15.7. The van der Waals surface area contributed by atoms with Crippen molar-refractivity contribution >= 4 is 11.3 Å². The van der Waals surface area contributed by atoms with Gasteiger partial charge in [-0.25, -0.2) is 4.98 Å². The molecule has 1 aliphatic heterocycles. The molecule has 1 aromatic rings. The molecule has 4 nitrogen and oxygen atoms in total. The maximum atomic E-state index is 12.6. The minimum atomic E-state index is -4.42. The summed E-state index contributed by atoms with van der Waals surface area (Å²) in [6, 6.07) is -0.390. The molecule has 20 heavy (non-hydrogen) atoms. The maximum Gasteiger partial charge on any atom is 0.443 e. The number of aromatic nitrogens is 1. The van der Waals surface area contributed by atoms with Gasteiger partial charge in [0.15, 0.2) is 5.01 Å². The second-order valence-electron chi connectivity index (χ2n) is 5.19. The van der Waals surface area contributed by atoms with E-state index in [4.69, 9.17) is 10.6 Å². The van der Waals surface area contributed by atoms with Crippen LogP contribution in [-0.4, -0.2) is 17.2 Å². The molecule has 1 fully saturated rings. The van der Waals surface area contributed by atoms with E-state index in [2.05, 4.69) is 10.4 Å². The monoisotopic (exact) mass is 309 g/mol. The van der Waals surface area contributed by atoms with Gasteiger partial charge in [-0.1, -0.05) is 6.92 Å². The summed E-state index contributed by atoms with van der Waals surface area (Å²) >= 11 is 0.630. The van der Waals surface area contributed by atoms with Crippen molar-refractivity contribution in [2.45, 2.75) is 45.2 Å². The number of ether oxygens (including phenoxy) is 1. The fourth-order valence-corrected chi connectivity index (χ4v) is 3.71. The molecule has 0 bridgehead atoms. The molecule has 0 aliphatic carbocycles. The van der Waals surface area contributed by atoms with Gasteiger partial charge in [0.05, 0.1) is 18.2 Å². The molecule has 0 aromatic carbocycles. The zero-order valence-corrected chi connectivity index (χ0v) is 12.3. The fraction of sp³-hybridized carbons (Fsp3) is 0.750. The van der Waals surface area contributed by atoms with Crippen molar-refractivity contribution in [2.75, 3.05) is 0 Å². The predicted octanol–water partition coefficient (Wildman–Crippen LogP) is 2.73. The molecule has 5 unspecified atom stereocenters. The van der Waals surface area contributed by atoms with Gasteiger partial charge in [-0.2, -0.15) is 13.2 Å². The molecule has 0 spiro atoms. The number of rotatable bonds is 3. The third-order valence-electron chi connectivity index (χ3n) is 3.96. The second kappa shape index (κ2) is 5.59. The summed E-state index contributed by atoms with van der Waals surface area (Å²) in [4.78, 5) is 3.94. The highest BCUT2D eigenvalue weighted by atomic mass is 32.1. The van der Waals surface area contributed by atoms with Crippen molar-refractivity contribution in [1.29, 1.82) is 0 Å². The summed E-state index contributed by atoms with van der Waals surface area (Å²) in [6.45, 7) is 5.90. The first-order valence-electron chi connectivity index (χ1n) is 6.40. The van der Waals surface area contributed by atoms with E-state index in [9.17, 15) is 13.2 Å². The molecule has 0 saturated carbocycles. The van der Waals surface area contributed by atoms with Gasteiger partial charge in [0.25, 0.3) is 0 Å². The molecule has 0 radical (unpaired) electrons. The van der Waals surface area contributed by atoms with Crippen molar-refractivity contribution in [3.63, 3.8) is 0 Å². The Morgan fingerprint density at radius 2 is 2.00 bits per heavy atom. The number of nitrogens with one attached hydrogen (secondary N) is 1. The van der Waals surface area contributed by atoms with E-state index in [0.717, 1.165) is 0 Å². The lowest BCUT2D eigenvalue weighted by Crippen LogP contribution is -2.38. The van der Waals surface area contributed by atoms with Crippen LogP contribution >= 0.6 is 11.3 Å². The molecule has 1 aromatic heterocycles. The molecule has 2 rings (SSSR count). The van der Waals surface area contributed by atoms with Crippen LogP contribution < -0.4 is 11.3 Å². The van der Waals surface area contributed by atoms with Crippen LogP contribution in [0.15, 0.2) is 6.20 Å². The first-order valence-corrected chi connectivity index (χ1v) is 7.21. The van der Waals surface area contributed by atoms with Crippen LogP contribution in [0.4, 0.5) is 13.2 Å². The van der Waals surface area contributed by atoms with E-state index in [1.807, 2.05) is 20.8 Å². The molecule has 5 atom stereocenters. The SMILES string of the molecule is CC1OC(C)C(C(NN)c2cnc(C(F)(F)F)s2)C1C. The Bertz CT molecular complexity index is 465. The summed E-state index contributed by atoms with van der Waals surface area (Å²) in [5.74, 6) is 5.77. The summed E-state index contributed by atoms with van der Waals surface area (Å²) in [5, 5.41) is -0.847. The van der Waals surface area contributed by atoms with E-state index in [1.54, 1.807) is 0 Å². The predicted molar refractivity (Wildman–Crippen MR) is 69.8 cm³/mol. The first-order chi connectivity index (χ1) is 9.25. The molecule has 8 heteroatoms. The molecule has 3 N–H and O–H groups in total. The van der Waals surface area contributed by atoms with Crippen LogP contribution in [-0.2, 0) is 10.9 Å². The number of halogens is 3. The van der Waals surface area contributed by atoms with E-state index < -0.39 is 17.2 Å². The van der Waals surface area contributed by atoms with E-state index in [0.29, 0.717) is 16.2 Å². The number of hydrogen-bond donors (Lipinski definition) is 2. The van der Waals surface area contributed by atoms with E-state index in [-0.39, 0.29) is 24.0 Å². The van der Waals surface area contributed by atoms with Gasteiger partial charge in [0, 0.05) is 17.0 Å². The van der Waals surface area contributed by atoms with Gasteiger partial charge >= 0.3 is 6.18 Å². The number of thiazole rings is 1. The average Bonchev–Trinajstić information content (AvgIpc) is 2.91. The highest BCUT2D eigenvalue weighted by Crippen LogP contribution is 2.43. The largest absolute Gasteiger partial charge is 0.443 e. The lowest BCUT2D eigenvalue weighted by atomic mass is 9.83. The molecule has 0 amide bonds. The fourth-order valence-electron chi connectivity index (χ4n) is 2.81. The zero-order chi connectivity index (χ0) is 15.1. The molecule has 1 aliphatic rings. The molecule has 2 heterocycles. The summed E-state index contributed by atoms with van der Waals surface area (Å²) in [7, 11) is 0. The average molecular weight is 309 g/mol. The Kier molecular flexibility index (Phi) is 4.38. The lowest BCUT2D eigenvalue weighted by molar-refractivity contribution is -0.137. The summed E-state index contributed by atoms with van der Waals surface area (Å²) in [5.41, 5.74) is 2.63. The maximum absolute atomic E-state index is 12.6. The van der Waals surface area contributed by atoms with Crippen molar-refractivity contribution in [2.24, 2.45) is 17.7 Å². The topological polar surface area (TPSA) is 60.2 Å². The number of alkyl halides is 3. The highest BCUT2D eigenvalue weighted by Gasteiger charge is 2.43. The Labute approximate surface area is 119 Å². The second-order valence-corrected chi connectivity index (χ2v) is 6.25. The van der Waals surface area contributed by atoms with Gasteiger partial charge in [0.2, 0.25) is 0 Å². The summed E-state index contributed by atoms with van der Waals surface area (Å²) in [6.07, 6.45) is -3.18. The van der Waals surface area contributed by atoms with Gasteiger partial charge in [-0.3, -0.25) is 11.3 Å². The van der Waals surface area contributed by atoms with Crippen molar-refractivity contribution in [1.82, 2.24) is 10.4 Å². The smallest absolute Gasteiger partial charge is 0.375 e. The third kappa shape index (κ3) is 2.83. The van der Waals surface area contributed by atoms with Crippen LogP contribution in [0.5, 0.6) is 0 Å².